The van der Waals surface area contributed by atoms with Crippen molar-refractivity contribution < 1.29 is 5.11 Å². The molecule has 0 saturated heterocycles. The molecule has 0 aliphatic carbocycles. The maximum Gasteiger partial charge on any atom is 0.122 e. The summed E-state index contributed by atoms with van der Waals surface area (Å²) in [4.78, 5) is 3.80. The van der Waals surface area contributed by atoms with Gasteiger partial charge in [-0.05, 0) is 36.4 Å². The molecule has 1 aliphatic heterocycles. The Morgan fingerprint density at radius 2 is 2.21 bits per heavy atom. The van der Waals surface area contributed by atoms with Crippen molar-refractivity contribution in [3.63, 3.8) is 0 Å². The fourth-order valence-corrected chi connectivity index (χ4v) is 3.47. The molecule has 0 bridgehead atoms. The van der Waals surface area contributed by atoms with Gasteiger partial charge in [-0.25, -0.2) is 0 Å². The molecule has 3 nitrogen and oxygen atoms in total. The minimum atomic E-state index is -0.140. The zero-order chi connectivity index (χ0) is 13.4. The maximum absolute atomic E-state index is 10.0. The van der Waals surface area contributed by atoms with E-state index in [-0.39, 0.29) is 6.04 Å². The highest BCUT2D eigenvalue weighted by Gasteiger charge is 2.18. The molecule has 1 unspecified atom stereocenters. The monoisotopic (exact) mass is 274 g/mol. The van der Waals surface area contributed by atoms with E-state index in [1.807, 2.05) is 30.4 Å². The molecule has 100 valence electrons. The maximum atomic E-state index is 10.0. The number of nitrogens with two attached hydrogens (primary N) is 1. The molecule has 0 radical (unpaired) electrons. The number of phenols is 1. The lowest BCUT2D eigenvalue weighted by Gasteiger charge is -2.29. The number of aromatic hydroxyl groups is 1. The first-order chi connectivity index (χ1) is 9.15. The summed E-state index contributed by atoms with van der Waals surface area (Å²) in [5, 5.41) is 12.2. The molecule has 0 fully saturated rings. The van der Waals surface area contributed by atoms with Crippen LogP contribution in [0.1, 0.15) is 29.0 Å². The highest BCUT2D eigenvalue weighted by molar-refractivity contribution is 7.10. The summed E-state index contributed by atoms with van der Waals surface area (Å²) in [6.45, 7) is 3.81. The second-order valence-electron chi connectivity index (χ2n) is 5.07. The fourth-order valence-electron chi connectivity index (χ4n) is 2.58. The van der Waals surface area contributed by atoms with Crippen LogP contribution in [-0.2, 0) is 13.0 Å². The fraction of sp³-hybridized carbons (Fsp3) is 0.333. The van der Waals surface area contributed by atoms with Gasteiger partial charge in [-0.3, -0.25) is 0 Å². The van der Waals surface area contributed by atoms with Crippen molar-refractivity contribution >= 4 is 17.0 Å². The SMILES string of the molecule is CC(N)c1ccc(N2CCc3sccc3C2)cc1O. The molecule has 0 saturated carbocycles. The van der Waals surface area contributed by atoms with E-state index >= 15 is 0 Å². The van der Waals surface area contributed by atoms with Crippen molar-refractivity contribution in [3.8, 4) is 5.75 Å². The number of benzene rings is 1. The number of phenolic OH excluding ortho intramolecular Hbond substituents is 1. The predicted molar refractivity (Wildman–Crippen MR) is 79.8 cm³/mol. The second kappa shape index (κ2) is 4.87. The van der Waals surface area contributed by atoms with Gasteiger partial charge in [0.25, 0.3) is 0 Å². The van der Waals surface area contributed by atoms with Crippen LogP contribution in [-0.4, -0.2) is 11.7 Å². The minimum Gasteiger partial charge on any atom is -0.508 e. The average molecular weight is 274 g/mol. The van der Waals surface area contributed by atoms with Crippen LogP contribution in [0.5, 0.6) is 5.75 Å². The normalized spacial score (nSPS) is 16.2. The average Bonchev–Trinajstić information content (AvgIpc) is 2.85. The Labute approximate surface area is 117 Å². The topological polar surface area (TPSA) is 49.5 Å². The van der Waals surface area contributed by atoms with Gasteiger partial charge in [-0.2, -0.15) is 0 Å². The summed E-state index contributed by atoms with van der Waals surface area (Å²) in [5.74, 6) is 0.295. The van der Waals surface area contributed by atoms with E-state index in [9.17, 15) is 5.11 Å². The van der Waals surface area contributed by atoms with Crippen molar-refractivity contribution in [2.24, 2.45) is 5.73 Å². The molecule has 19 heavy (non-hydrogen) atoms. The molecule has 0 amide bonds. The zero-order valence-corrected chi connectivity index (χ0v) is 11.8. The lowest BCUT2D eigenvalue weighted by Crippen LogP contribution is -2.29. The molecule has 3 N–H and O–H groups in total. The Hall–Kier alpha value is -1.52. The molecule has 2 heterocycles. The van der Waals surface area contributed by atoms with Crippen LogP contribution in [0.25, 0.3) is 0 Å². The largest absolute Gasteiger partial charge is 0.508 e. The number of hydrogen-bond acceptors (Lipinski definition) is 4. The summed E-state index contributed by atoms with van der Waals surface area (Å²) < 4.78 is 0. The van der Waals surface area contributed by atoms with E-state index in [0.29, 0.717) is 5.75 Å². The van der Waals surface area contributed by atoms with Crippen LogP contribution >= 0.6 is 11.3 Å². The first kappa shape index (κ1) is 12.5. The van der Waals surface area contributed by atoms with Crippen molar-refractivity contribution in [2.75, 3.05) is 11.4 Å². The van der Waals surface area contributed by atoms with Gasteiger partial charge in [0.2, 0.25) is 0 Å². The molecule has 1 aromatic heterocycles. The lowest BCUT2D eigenvalue weighted by molar-refractivity contribution is 0.463. The van der Waals surface area contributed by atoms with Crippen LogP contribution in [0.3, 0.4) is 0 Å². The van der Waals surface area contributed by atoms with Gasteiger partial charge in [0, 0.05) is 41.3 Å². The zero-order valence-electron chi connectivity index (χ0n) is 11.0. The Morgan fingerprint density at radius 1 is 1.37 bits per heavy atom. The molecular weight excluding hydrogens is 256 g/mol. The number of hydrogen-bond donors (Lipinski definition) is 2. The quantitative estimate of drug-likeness (QED) is 0.885. The van der Waals surface area contributed by atoms with E-state index in [2.05, 4.69) is 22.4 Å². The van der Waals surface area contributed by atoms with Gasteiger partial charge in [-0.1, -0.05) is 6.07 Å². The summed E-state index contributed by atoms with van der Waals surface area (Å²) in [6.07, 6.45) is 1.09. The predicted octanol–water partition coefficient (Wildman–Crippen LogP) is 3.04. The van der Waals surface area contributed by atoms with E-state index < -0.39 is 0 Å². The van der Waals surface area contributed by atoms with Crippen LogP contribution < -0.4 is 10.6 Å². The van der Waals surface area contributed by atoms with Crippen molar-refractivity contribution in [2.45, 2.75) is 25.9 Å². The molecule has 1 atom stereocenters. The Bertz CT molecular complexity index is 592. The Morgan fingerprint density at radius 3 is 2.95 bits per heavy atom. The van der Waals surface area contributed by atoms with Crippen LogP contribution in [0.2, 0.25) is 0 Å². The van der Waals surface area contributed by atoms with E-state index in [1.165, 1.54) is 10.4 Å². The molecule has 4 heteroatoms. The molecular formula is C15H18N2OS. The van der Waals surface area contributed by atoms with E-state index in [0.717, 1.165) is 30.8 Å². The Kier molecular flexibility index (Phi) is 3.21. The molecule has 0 spiro atoms. The lowest BCUT2D eigenvalue weighted by atomic mass is 10.1. The Balaban J connectivity index is 1.86. The van der Waals surface area contributed by atoms with Crippen molar-refractivity contribution in [3.05, 3.63) is 45.6 Å². The van der Waals surface area contributed by atoms with Gasteiger partial charge >= 0.3 is 0 Å². The minimum absolute atomic E-state index is 0.140. The molecule has 3 rings (SSSR count). The summed E-state index contributed by atoms with van der Waals surface area (Å²) in [5.41, 5.74) is 9.10. The standard InChI is InChI=1S/C15H18N2OS/c1-10(16)13-3-2-12(8-14(13)18)17-6-4-15-11(9-17)5-7-19-15/h2-3,5,7-8,10,18H,4,6,9,16H2,1H3. The number of rotatable bonds is 2. The van der Waals surface area contributed by atoms with Gasteiger partial charge in [0.15, 0.2) is 0 Å². The second-order valence-corrected chi connectivity index (χ2v) is 6.07. The number of fused-ring (bicyclic) bond motifs is 1. The highest BCUT2D eigenvalue weighted by Crippen LogP contribution is 2.32. The van der Waals surface area contributed by atoms with Crippen LogP contribution in [0.4, 0.5) is 5.69 Å². The van der Waals surface area contributed by atoms with Gasteiger partial charge in [0.05, 0.1) is 0 Å². The molecule has 1 aliphatic rings. The molecule has 1 aromatic carbocycles. The van der Waals surface area contributed by atoms with Crippen molar-refractivity contribution in [1.82, 2.24) is 0 Å². The van der Waals surface area contributed by atoms with Crippen LogP contribution in [0.15, 0.2) is 29.6 Å². The van der Waals surface area contributed by atoms with Gasteiger partial charge < -0.3 is 15.7 Å². The molecule has 2 aromatic rings. The smallest absolute Gasteiger partial charge is 0.122 e. The number of thiophene rings is 1. The third-order valence-electron chi connectivity index (χ3n) is 3.68. The summed E-state index contributed by atoms with van der Waals surface area (Å²) in [6, 6.07) is 7.87. The van der Waals surface area contributed by atoms with Gasteiger partial charge in [-0.15, -0.1) is 11.3 Å². The summed E-state index contributed by atoms with van der Waals surface area (Å²) in [7, 11) is 0. The highest BCUT2D eigenvalue weighted by atomic mass is 32.1. The van der Waals surface area contributed by atoms with E-state index in [1.54, 1.807) is 0 Å². The van der Waals surface area contributed by atoms with Gasteiger partial charge in [0.1, 0.15) is 5.75 Å². The van der Waals surface area contributed by atoms with E-state index in [4.69, 9.17) is 5.73 Å². The van der Waals surface area contributed by atoms with Crippen LogP contribution in [0, 0.1) is 0 Å². The number of nitrogens with zero attached hydrogens (tertiary/aromatic N) is 1. The van der Waals surface area contributed by atoms with Crippen molar-refractivity contribution in [1.29, 1.82) is 0 Å². The first-order valence-corrected chi connectivity index (χ1v) is 7.42. The third kappa shape index (κ3) is 2.33. The first-order valence-electron chi connectivity index (χ1n) is 6.54. The number of anilines is 1. The summed E-state index contributed by atoms with van der Waals surface area (Å²) >= 11 is 1.84. The third-order valence-corrected chi connectivity index (χ3v) is 4.70.